The number of esters is 1. The van der Waals surface area contributed by atoms with Crippen molar-refractivity contribution in [2.75, 3.05) is 6.73 Å². The molecule has 0 aliphatic rings. The van der Waals surface area contributed by atoms with E-state index in [2.05, 4.69) is 4.74 Å². The predicted octanol–water partition coefficient (Wildman–Crippen LogP) is 0.252. The lowest BCUT2D eigenvalue weighted by Gasteiger charge is -2.01. The third-order valence-electron chi connectivity index (χ3n) is 1.59. The van der Waals surface area contributed by atoms with Crippen LogP contribution in [0.2, 0.25) is 0 Å². The van der Waals surface area contributed by atoms with Crippen LogP contribution in [0.5, 0.6) is 0 Å². The number of carbonyl (C=O) groups is 1. The first-order valence-corrected chi connectivity index (χ1v) is 3.85. The Hall–Kier alpha value is -1.39. The van der Waals surface area contributed by atoms with Crippen molar-refractivity contribution in [3.05, 3.63) is 35.4 Å². The maximum Gasteiger partial charge on any atom is 0.339 e. The van der Waals surface area contributed by atoms with E-state index in [4.69, 9.17) is 10.8 Å². The molecule has 0 aliphatic carbocycles. The largest absolute Gasteiger partial charge is 0.446 e. The molecule has 0 atom stereocenters. The van der Waals surface area contributed by atoms with Gasteiger partial charge >= 0.3 is 5.97 Å². The van der Waals surface area contributed by atoms with Crippen LogP contribution >= 0.6 is 0 Å². The maximum atomic E-state index is 11.1. The molecule has 0 spiro atoms. The van der Waals surface area contributed by atoms with Gasteiger partial charge < -0.3 is 9.84 Å². The number of rotatable bonds is 3. The minimum absolute atomic E-state index is 0.0355. The van der Waals surface area contributed by atoms with Gasteiger partial charge in [-0.25, -0.2) is 4.79 Å². The Balaban J connectivity index is 2.74. The molecule has 0 saturated heterocycles. The lowest BCUT2D eigenvalue weighted by Crippen LogP contribution is -2.12. The highest BCUT2D eigenvalue weighted by atomic mass is 16.5. The molecule has 0 unspecified atom stereocenters. The van der Waals surface area contributed by atoms with Gasteiger partial charge in [-0.3, -0.25) is 5.73 Å². The van der Waals surface area contributed by atoms with E-state index >= 15 is 0 Å². The van der Waals surface area contributed by atoms with Gasteiger partial charge in [-0.15, -0.1) is 0 Å². The summed E-state index contributed by atoms with van der Waals surface area (Å²) in [4.78, 5) is 11.1. The smallest absolute Gasteiger partial charge is 0.339 e. The monoisotopic (exact) mass is 181 g/mol. The zero-order valence-electron chi connectivity index (χ0n) is 7.06. The third kappa shape index (κ3) is 2.54. The van der Waals surface area contributed by atoms with Crippen LogP contribution in [0.4, 0.5) is 0 Å². The van der Waals surface area contributed by atoms with Gasteiger partial charge in [-0.1, -0.05) is 12.1 Å². The molecule has 0 amide bonds. The van der Waals surface area contributed by atoms with E-state index < -0.39 is 5.97 Å². The van der Waals surface area contributed by atoms with Gasteiger partial charge in [0.15, 0.2) is 0 Å². The van der Waals surface area contributed by atoms with Crippen LogP contribution in [-0.2, 0) is 11.3 Å². The molecular formula is C9H11NO3. The number of benzene rings is 1. The number of hydrogen-bond acceptors (Lipinski definition) is 4. The summed E-state index contributed by atoms with van der Waals surface area (Å²) >= 11 is 0. The van der Waals surface area contributed by atoms with Crippen molar-refractivity contribution < 1.29 is 14.6 Å². The highest BCUT2D eigenvalue weighted by Gasteiger charge is 2.04. The van der Waals surface area contributed by atoms with E-state index in [9.17, 15) is 4.79 Å². The number of aliphatic hydroxyl groups is 1. The zero-order valence-corrected chi connectivity index (χ0v) is 7.06. The Labute approximate surface area is 75.9 Å². The van der Waals surface area contributed by atoms with Crippen molar-refractivity contribution in [3.63, 3.8) is 0 Å². The summed E-state index contributed by atoms with van der Waals surface area (Å²) in [6.45, 7) is -0.160. The summed E-state index contributed by atoms with van der Waals surface area (Å²) < 4.78 is 4.58. The van der Waals surface area contributed by atoms with Gasteiger partial charge in [-0.05, 0) is 17.7 Å². The molecule has 0 heterocycles. The first-order chi connectivity index (χ1) is 6.27. The fraction of sp³-hybridized carbons (Fsp3) is 0.222. The van der Waals surface area contributed by atoms with Gasteiger partial charge in [-0.2, -0.15) is 0 Å². The molecule has 1 aromatic rings. The SMILES string of the molecule is NCOC(=O)c1ccc(CO)cc1. The Kier molecular flexibility index (Phi) is 3.42. The summed E-state index contributed by atoms with van der Waals surface area (Å²) in [5, 5.41) is 8.73. The van der Waals surface area contributed by atoms with Gasteiger partial charge in [0.25, 0.3) is 0 Å². The molecule has 0 bridgehead atoms. The second kappa shape index (κ2) is 4.59. The zero-order chi connectivity index (χ0) is 9.68. The van der Waals surface area contributed by atoms with Crippen LogP contribution < -0.4 is 5.73 Å². The Morgan fingerprint density at radius 2 is 2.00 bits per heavy atom. The summed E-state index contributed by atoms with van der Waals surface area (Å²) in [5.74, 6) is -0.452. The average molecular weight is 181 g/mol. The van der Waals surface area contributed by atoms with E-state index in [0.29, 0.717) is 5.56 Å². The molecule has 1 aromatic carbocycles. The molecule has 3 N–H and O–H groups in total. The number of hydrogen-bond donors (Lipinski definition) is 2. The first-order valence-electron chi connectivity index (χ1n) is 3.85. The van der Waals surface area contributed by atoms with E-state index in [-0.39, 0.29) is 13.3 Å². The lowest BCUT2D eigenvalue weighted by molar-refractivity contribution is 0.0515. The van der Waals surface area contributed by atoms with Crippen LogP contribution in [0.3, 0.4) is 0 Å². The number of carbonyl (C=O) groups excluding carboxylic acids is 1. The Morgan fingerprint density at radius 1 is 1.38 bits per heavy atom. The fourth-order valence-corrected chi connectivity index (χ4v) is 0.905. The number of ether oxygens (including phenoxy) is 1. The molecule has 70 valence electrons. The van der Waals surface area contributed by atoms with Crippen LogP contribution in [-0.4, -0.2) is 17.8 Å². The second-order valence-electron chi connectivity index (χ2n) is 2.45. The molecular weight excluding hydrogens is 170 g/mol. The topological polar surface area (TPSA) is 72.5 Å². The minimum Gasteiger partial charge on any atom is -0.446 e. The van der Waals surface area contributed by atoms with Crippen molar-refractivity contribution in [1.29, 1.82) is 0 Å². The summed E-state index contributed by atoms with van der Waals surface area (Å²) in [5.41, 5.74) is 6.23. The molecule has 0 radical (unpaired) electrons. The number of aliphatic hydroxyl groups excluding tert-OH is 1. The Morgan fingerprint density at radius 3 is 2.46 bits per heavy atom. The quantitative estimate of drug-likeness (QED) is 0.518. The minimum atomic E-state index is -0.452. The number of nitrogens with two attached hydrogens (primary N) is 1. The van der Waals surface area contributed by atoms with Crippen molar-refractivity contribution >= 4 is 5.97 Å². The molecule has 4 nitrogen and oxygen atoms in total. The molecule has 0 fully saturated rings. The standard InChI is InChI=1S/C9H11NO3/c10-6-13-9(12)8-3-1-7(5-11)2-4-8/h1-4,11H,5-6,10H2. The van der Waals surface area contributed by atoms with Crippen molar-refractivity contribution in [3.8, 4) is 0 Å². The van der Waals surface area contributed by atoms with Crippen LogP contribution in [0.15, 0.2) is 24.3 Å². The highest BCUT2D eigenvalue weighted by Crippen LogP contribution is 2.05. The molecule has 0 aromatic heterocycles. The van der Waals surface area contributed by atoms with E-state index in [1.54, 1.807) is 24.3 Å². The summed E-state index contributed by atoms with van der Waals surface area (Å²) in [6.07, 6.45) is 0. The Bertz CT molecular complexity index is 281. The van der Waals surface area contributed by atoms with Gasteiger partial charge in [0, 0.05) is 0 Å². The van der Waals surface area contributed by atoms with Crippen molar-refractivity contribution in [2.24, 2.45) is 5.73 Å². The highest BCUT2D eigenvalue weighted by molar-refractivity contribution is 5.89. The molecule has 1 rings (SSSR count). The van der Waals surface area contributed by atoms with Crippen molar-refractivity contribution in [2.45, 2.75) is 6.61 Å². The molecule has 0 aliphatic heterocycles. The molecule has 0 saturated carbocycles. The first kappa shape index (κ1) is 9.70. The average Bonchev–Trinajstić information content (AvgIpc) is 2.18. The molecule has 4 heteroatoms. The van der Waals surface area contributed by atoms with E-state index in [1.165, 1.54) is 0 Å². The van der Waals surface area contributed by atoms with Crippen molar-refractivity contribution in [1.82, 2.24) is 0 Å². The normalized spacial score (nSPS) is 9.69. The van der Waals surface area contributed by atoms with Gasteiger partial charge in [0.1, 0.15) is 6.73 Å². The summed E-state index contributed by atoms with van der Waals surface area (Å²) in [6, 6.07) is 6.49. The van der Waals surface area contributed by atoms with Crippen LogP contribution in [0.1, 0.15) is 15.9 Å². The van der Waals surface area contributed by atoms with E-state index in [0.717, 1.165) is 5.56 Å². The summed E-state index contributed by atoms with van der Waals surface area (Å²) in [7, 11) is 0. The van der Waals surface area contributed by atoms with Crippen LogP contribution in [0, 0.1) is 0 Å². The predicted molar refractivity (Wildman–Crippen MR) is 46.8 cm³/mol. The molecule has 13 heavy (non-hydrogen) atoms. The van der Waals surface area contributed by atoms with Crippen LogP contribution in [0.25, 0.3) is 0 Å². The third-order valence-corrected chi connectivity index (χ3v) is 1.59. The maximum absolute atomic E-state index is 11.1. The van der Waals surface area contributed by atoms with E-state index in [1.807, 2.05) is 0 Å². The van der Waals surface area contributed by atoms with Gasteiger partial charge in [0.2, 0.25) is 0 Å². The fourth-order valence-electron chi connectivity index (χ4n) is 0.905. The lowest BCUT2D eigenvalue weighted by atomic mass is 10.1. The second-order valence-corrected chi connectivity index (χ2v) is 2.45. The van der Waals surface area contributed by atoms with Gasteiger partial charge in [0.05, 0.1) is 12.2 Å².